The lowest BCUT2D eigenvalue weighted by Crippen LogP contribution is -2.11. The maximum absolute atomic E-state index is 6.09. The molecule has 0 radical (unpaired) electrons. The molecule has 0 saturated heterocycles. The van der Waals surface area contributed by atoms with E-state index in [4.69, 9.17) is 10.2 Å². The predicted octanol–water partition coefficient (Wildman–Crippen LogP) is 2.02. The van der Waals surface area contributed by atoms with Gasteiger partial charge in [-0.1, -0.05) is 30.3 Å². The summed E-state index contributed by atoms with van der Waals surface area (Å²) in [4.78, 5) is 7.02. The Hall–Kier alpha value is -2.47. The lowest BCUT2D eigenvalue weighted by atomic mass is 10.1. The summed E-state index contributed by atoms with van der Waals surface area (Å²) in [6.07, 6.45) is 5.61. The normalized spacial score (nSPS) is 12.4. The highest BCUT2D eigenvalue weighted by molar-refractivity contribution is 5.17. The zero-order valence-corrected chi connectivity index (χ0v) is 11.6. The summed E-state index contributed by atoms with van der Waals surface area (Å²) in [5, 5.41) is 8.11. The Labute approximate surface area is 122 Å². The fourth-order valence-corrected chi connectivity index (χ4v) is 2.11. The summed E-state index contributed by atoms with van der Waals surface area (Å²) in [5.41, 5.74) is 8.28. The Balaban J connectivity index is 1.59. The third-order valence-electron chi connectivity index (χ3n) is 3.28. The van der Waals surface area contributed by atoms with Gasteiger partial charge in [0.25, 0.3) is 0 Å². The van der Waals surface area contributed by atoms with Gasteiger partial charge in [0, 0.05) is 11.9 Å². The van der Waals surface area contributed by atoms with Gasteiger partial charge in [0.2, 0.25) is 11.8 Å². The second-order valence-electron chi connectivity index (χ2n) is 4.92. The van der Waals surface area contributed by atoms with Crippen LogP contribution in [0.4, 0.5) is 0 Å². The highest BCUT2D eigenvalue weighted by Gasteiger charge is 2.15. The summed E-state index contributed by atoms with van der Waals surface area (Å²) in [6, 6.07) is 9.76. The molecule has 3 aromatic rings. The van der Waals surface area contributed by atoms with Crippen LogP contribution in [-0.2, 0) is 12.8 Å². The number of aromatic nitrogens is 4. The number of aromatic amines is 1. The minimum Gasteiger partial charge on any atom is -0.423 e. The van der Waals surface area contributed by atoms with Crippen molar-refractivity contribution in [1.82, 2.24) is 20.2 Å². The molecule has 0 amide bonds. The van der Waals surface area contributed by atoms with Gasteiger partial charge in [0.1, 0.15) is 0 Å². The van der Waals surface area contributed by atoms with Gasteiger partial charge in [-0.3, -0.25) is 0 Å². The van der Waals surface area contributed by atoms with E-state index < -0.39 is 0 Å². The quantitative estimate of drug-likeness (QED) is 0.721. The first-order valence-electron chi connectivity index (χ1n) is 6.90. The smallest absolute Gasteiger partial charge is 0.233 e. The van der Waals surface area contributed by atoms with Crippen LogP contribution in [0, 0.1) is 0 Å². The number of H-pyrrole nitrogens is 1. The van der Waals surface area contributed by atoms with E-state index in [9.17, 15) is 0 Å². The van der Waals surface area contributed by atoms with Crippen molar-refractivity contribution in [3.8, 4) is 0 Å². The number of hydrogen-bond acceptors (Lipinski definition) is 5. The molecule has 0 spiro atoms. The molecule has 3 rings (SSSR count). The molecule has 0 fully saturated rings. The van der Waals surface area contributed by atoms with Crippen molar-refractivity contribution < 1.29 is 4.42 Å². The number of rotatable bonds is 6. The average Bonchev–Trinajstić information content (AvgIpc) is 3.17. The molecule has 0 aliphatic heterocycles. The van der Waals surface area contributed by atoms with E-state index >= 15 is 0 Å². The van der Waals surface area contributed by atoms with Crippen molar-refractivity contribution in [2.45, 2.75) is 25.3 Å². The van der Waals surface area contributed by atoms with E-state index in [2.05, 4.69) is 20.2 Å². The second kappa shape index (κ2) is 6.32. The van der Waals surface area contributed by atoms with E-state index in [1.807, 2.05) is 30.3 Å². The molecule has 21 heavy (non-hydrogen) atoms. The highest BCUT2D eigenvalue weighted by Crippen LogP contribution is 2.16. The number of nitrogens with one attached hydrogen (secondary N) is 1. The van der Waals surface area contributed by atoms with Crippen molar-refractivity contribution >= 4 is 0 Å². The van der Waals surface area contributed by atoms with Crippen LogP contribution in [-0.4, -0.2) is 20.2 Å². The maximum Gasteiger partial charge on any atom is 0.233 e. The van der Waals surface area contributed by atoms with Gasteiger partial charge in [-0.25, -0.2) is 4.98 Å². The number of nitrogens with two attached hydrogens (primary N) is 1. The van der Waals surface area contributed by atoms with E-state index in [0.717, 1.165) is 24.1 Å². The van der Waals surface area contributed by atoms with Crippen LogP contribution < -0.4 is 5.73 Å². The van der Waals surface area contributed by atoms with Crippen LogP contribution in [0.5, 0.6) is 0 Å². The largest absolute Gasteiger partial charge is 0.423 e. The lowest BCUT2D eigenvalue weighted by Gasteiger charge is -2.05. The van der Waals surface area contributed by atoms with Crippen LogP contribution in [0.1, 0.15) is 35.5 Å². The Bertz CT molecular complexity index is 662. The van der Waals surface area contributed by atoms with Crippen LogP contribution in [0.15, 0.2) is 47.3 Å². The summed E-state index contributed by atoms with van der Waals surface area (Å²) in [7, 11) is 0. The van der Waals surface area contributed by atoms with E-state index in [1.165, 1.54) is 0 Å². The molecule has 108 valence electrons. The van der Waals surface area contributed by atoms with Gasteiger partial charge >= 0.3 is 0 Å². The first-order chi connectivity index (χ1) is 10.3. The van der Waals surface area contributed by atoms with Gasteiger partial charge < -0.3 is 15.1 Å². The molecule has 2 heterocycles. The van der Waals surface area contributed by atoms with Crippen LogP contribution in [0.3, 0.4) is 0 Å². The Morgan fingerprint density at radius 2 is 2.05 bits per heavy atom. The topological polar surface area (TPSA) is 93.6 Å². The van der Waals surface area contributed by atoms with Crippen LogP contribution in [0.25, 0.3) is 0 Å². The van der Waals surface area contributed by atoms with Crippen LogP contribution >= 0.6 is 0 Å². The molecule has 1 aromatic carbocycles. The minimum absolute atomic E-state index is 0.259. The summed E-state index contributed by atoms with van der Waals surface area (Å²) in [6.45, 7) is 0. The van der Waals surface area contributed by atoms with Gasteiger partial charge in [0.05, 0.1) is 18.8 Å². The monoisotopic (exact) mass is 283 g/mol. The number of imidazole rings is 1. The minimum atomic E-state index is -0.259. The van der Waals surface area contributed by atoms with Crippen molar-refractivity contribution in [2.75, 3.05) is 0 Å². The summed E-state index contributed by atoms with van der Waals surface area (Å²) < 4.78 is 5.65. The van der Waals surface area contributed by atoms with Crippen molar-refractivity contribution in [3.05, 3.63) is 65.9 Å². The van der Waals surface area contributed by atoms with Gasteiger partial charge in [-0.05, 0) is 18.4 Å². The molecule has 6 nitrogen and oxygen atoms in total. The first kappa shape index (κ1) is 13.5. The zero-order valence-electron chi connectivity index (χ0n) is 11.6. The highest BCUT2D eigenvalue weighted by atomic mass is 16.4. The molecule has 1 atom stereocenters. The second-order valence-corrected chi connectivity index (χ2v) is 4.92. The van der Waals surface area contributed by atoms with Gasteiger partial charge in [0.15, 0.2) is 0 Å². The van der Waals surface area contributed by atoms with Crippen molar-refractivity contribution in [2.24, 2.45) is 5.73 Å². The third kappa shape index (κ3) is 3.55. The standard InChI is InChI=1S/C15H17N5O/c16-13(7-6-12-9-17-10-18-12)15-20-19-14(21-15)8-11-4-2-1-3-5-11/h1-5,9-10,13H,6-8,16H2,(H,17,18)/t13-/m0/s1. The summed E-state index contributed by atoms with van der Waals surface area (Å²) >= 11 is 0. The number of nitrogens with zero attached hydrogens (tertiary/aromatic N) is 3. The van der Waals surface area contributed by atoms with Gasteiger partial charge in [-0.15, -0.1) is 10.2 Å². The number of hydrogen-bond donors (Lipinski definition) is 2. The third-order valence-corrected chi connectivity index (χ3v) is 3.28. The average molecular weight is 283 g/mol. The molecule has 0 aliphatic rings. The fraction of sp³-hybridized carbons (Fsp3) is 0.267. The number of benzene rings is 1. The first-order valence-corrected chi connectivity index (χ1v) is 6.90. The van der Waals surface area contributed by atoms with E-state index in [0.29, 0.717) is 18.2 Å². The molecular weight excluding hydrogens is 266 g/mol. The van der Waals surface area contributed by atoms with Crippen molar-refractivity contribution in [1.29, 1.82) is 0 Å². The SMILES string of the molecule is N[C@@H](CCc1cnc[nH]1)c1nnc(Cc2ccccc2)o1. The Morgan fingerprint density at radius 3 is 2.81 bits per heavy atom. The van der Waals surface area contributed by atoms with E-state index in [1.54, 1.807) is 12.5 Å². The van der Waals surface area contributed by atoms with Crippen LogP contribution in [0.2, 0.25) is 0 Å². The van der Waals surface area contributed by atoms with Crippen molar-refractivity contribution in [3.63, 3.8) is 0 Å². The Morgan fingerprint density at radius 1 is 1.19 bits per heavy atom. The summed E-state index contributed by atoms with van der Waals surface area (Å²) in [5.74, 6) is 1.08. The van der Waals surface area contributed by atoms with Gasteiger partial charge in [-0.2, -0.15) is 0 Å². The predicted molar refractivity (Wildman–Crippen MR) is 77.4 cm³/mol. The molecule has 0 unspecified atom stereocenters. The lowest BCUT2D eigenvalue weighted by molar-refractivity contribution is 0.412. The number of aryl methyl sites for hydroxylation is 1. The Kier molecular flexibility index (Phi) is 4.07. The molecule has 6 heteroatoms. The molecular formula is C15H17N5O. The fourth-order valence-electron chi connectivity index (χ4n) is 2.11. The molecule has 3 N–H and O–H groups in total. The molecule has 0 saturated carbocycles. The van der Waals surface area contributed by atoms with E-state index in [-0.39, 0.29) is 6.04 Å². The molecule has 2 aromatic heterocycles. The maximum atomic E-state index is 6.09. The molecule has 0 bridgehead atoms. The molecule has 0 aliphatic carbocycles. The zero-order chi connectivity index (χ0) is 14.5.